The molecule has 1 aliphatic heterocycles. The summed E-state index contributed by atoms with van der Waals surface area (Å²) in [5, 5.41) is 0. The van der Waals surface area contributed by atoms with Crippen molar-refractivity contribution >= 4 is 22.8 Å². The van der Waals surface area contributed by atoms with Crippen LogP contribution in [0.25, 0.3) is 11.0 Å². The van der Waals surface area contributed by atoms with Crippen molar-refractivity contribution in [3.8, 4) is 0 Å². The Labute approximate surface area is 144 Å². The fourth-order valence-electron chi connectivity index (χ4n) is 3.20. The lowest BCUT2D eigenvalue weighted by Gasteiger charge is -2.34. The van der Waals surface area contributed by atoms with Crippen LogP contribution in [0.15, 0.2) is 36.5 Å². The monoisotopic (exact) mass is 337 g/mol. The van der Waals surface area contributed by atoms with Gasteiger partial charge < -0.3 is 19.8 Å². The molecule has 25 heavy (non-hydrogen) atoms. The van der Waals surface area contributed by atoms with Gasteiger partial charge in [0, 0.05) is 37.9 Å². The van der Waals surface area contributed by atoms with E-state index in [0.717, 1.165) is 16.9 Å². The van der Waals surface area contributed by atoms with Crippen LogP contribution in [0.5, 0.6) is 0 Å². The van der Waals surface area contributed by atoms with Crippen LogP contribution in [0.3, 0.4) is 0 Å². The first kappa shape index (κ1) is 15.4. The maximum atomic E-state index is 12.7. The summed E-state index contributed by atoms with van der Waals surface area (Å²) >= 11 is 0. The fraction of sp³-hybridized carbons (Fsp3) is 0.278. The summed E-state index contributed by atoms with van der Waals surface area (Å²) in [6.07, 6.45) is 1.74. The van der Waals surface area contributed by atoms with E-state index in [1.165, 1.54) is 0 Å². The maximum absolute atomic E-state index is 12.7. The molecule has 3 heterocycles. The van der Waals surface area contributed by atoms with Crippen molar-refractivity contribution < 1.29 is 9.59 Å². The summed E-state index contributed by atoms with van der Waals surface area (Å²) in [4.78, 5) is 39.1. The van der Waals surface area contributed by atoms with Gasteiger partial charge in [0.05, 0.1) is 11.0 Å². The summed E-state index contributed by atoms with van der Waals surface area (Å²) in [7, 11) is 0. The second kappa shape index (κ2) is 6.08. The summed E-state index contributed by atoms with van der Waals surface area (Å²) < 4.78 is 0. The van der Waals surface area contributed by atoms with Crippen LogP contribution < -0.4 is 0 Å². The Bertz CT molecular complexity index is 920. The maximum Gasteiger partial charge on any atom is 0.270 e. The molecule has 1 fully saturated rings. The zero-order chi connectivity index (χ0) is 17.4. The SMILES string of the molecule is Cc1nc2ccc(C(=O)N3CCN(C(=O)c4ccc[nH]4)CC3)cc2[nH]1. The molecular weight excluding hydrogens is 318 g/mol. The van der Waals surface area contributed by atoms with Gasteiger partial charge in [-0.3, -0.25) is 9.59 Å². The van der Waals surface area contributed by atoms with Crippen molar-refractivity contribution in [3.05, 3.63) is 53.6 Å². The quantitative estimate of drug-likeness (QED) is 0.748. The van der Waals surface area contributed by atoms with Crippen molar-refractivity contribution in [1.82, 2.24) is 24.8 Å². The van der Waals surface area contributed by atoms with Gasteiger partial charge in [-0.25, -0.2) is 4.98 Å². The first-order valence-electron chi connectivity index (χ1n) is 8.30. The molecular formula is C18H19N5O2. The van der Waals surface area contributed by atoms with Gasteiger partial charge in [0.25, 0.3) is 11.8 Å². The Morgan fingerprint density at radius 3 is 2.44 bits per heavy atom. The third-order valence-corrected chi connectivity index (χ3v) is 4.53. The van der Waals surface area contributed by atoms with Gasteiger partial charge in [-0.05, 0) is 37.3 Å². The number of aromatic amines is 2. The van der Waals surface area contributed by atoms with E-state index in [2.05, 4.69) is 15.0 Å². The Morgan fingerprint density at radius 2 is 1.76 bits per heavy atom. The largest absolute Gasteiger partial charge is 0.357 e. The summed E-state index contributed by atoms with van der Waals surface area (Å²) in [6, 6.07) is 9.08. The Balaban J connectivity index is 1.44. The molecule has 0 radical (unpaired) electrons. The van der Waals surface area contributed by atoms with Crippen LogP contribution in [0.1, 0.15) is 26.7 Å². The van der Waals surface area contributed by atoms with Gasteiger partial charge >= 0.3 is 0 Å². The molecule has 1 saturated heterocycles. The minimum Gasteiger partial charge on any atom is -0.357 e. The van der Waals surface area contributed by atoms with Crippen LogP contribution >= 0.6 is 0 Å². The van der Waals surface area contributed by atoms with Crippen LogP contribution in [0.2, 0.25) is 0 Å². The topological polar surface area (TPSA) is 85.1 Å². The molecule has 3 aromatic rings. The van der Waals surface area contributed by atoms with E-state index >= 15 is 0 Å². The third kappa shape index (κ3) is 2.88. The minimum atomic E-state index is -0.0218. The highest BCUT2D eigenvalue weighted by Gasteiger charge is 2.26. The number of aromatic nitrogens is 3. The normalized spacial score (nSPS) is 14.9. The molecule has 0 unspecified atom stereocenters. The molecule has 1 aromatic carbocycles. The second-order valence-electron chi connectivity index (χ2n) is 6.22. The van der Waals surface area contributed by atoms with Crippen molar-refractivity contribution in [3.63, 3.8) is 0 Å². The number of nitrogens with one attached hydrogen (secondary N) is 2. The molecule has 128 valence electrons. The highest BCUT2D eigenvalue weighted by Crippen LogP contribution is 2.16. The standard InChI is InChI=1S/C18H19N5O2/c1-12-20-14-5-4-13(11-16(14)21-12)17(24)22-7-9-23(10-8-22)18(25)15-3-2-6-19-15/h2-6,11,19H,7-10H2,1H3,(H,20,21). The van der Waals surface area contributed by atoms with Crippen LogP contribution in [0.4, 0.5) is 0 Å². The van der Waals surface area contributed by atoms with E-state index < -0.39 is 0 Å². The van der Waals surface area contributed by atoms with Crippen LogP contribution in [0, 0.1) is 6.92 Å². The fourth-order valence-corrected chi connectivity index (χ4v) is 3.20. The molecule has 4 rings (SSSR count). The molecule has 7 nitrogen and oxygen atoms in total. The first-order chi connectivity index (χ1) is 12.1. The predicted molar refractivity (Wildman–Crippen MR) is 93.4 cm³/mol. The molecule has 7 heteroatoms. The second-order valence-corrected chi connectivity index (χ2v) is 6.22. The summed E-state index contributed by atoms with van der Waals surface area (Å²) in [5.41, 5.74) is 2.94. The molecule has 0 aliphatic carbocycles. The highest BCUT2D eigenvalue weighted by atomic mass is 16.2. The van der Waals surface area contributed by atoms with Crippen molar-refractivity contribution in [2.45, 2.75) is 6.92 Å². The molecule has 0 spiro atoms. The average Bonchev–Trinajstić information content (AvgIpc) is 3.28. The zero-order valence-electron chi connectivity index (χ0n) is 14.0. The van der Waals surface area contributed by atoms with Gasteiger partial charge in [-0.2, -0.15) is 0 Å². The van der Waals surface area contributed by atoms with Crippen LogP contribution in [-0.4, -0.2) is 62.7 Å². The first-order valence-corrected chi connectivity index (χ1v) is 8.30. The average molecular weight is 337 g/mol. The Morgan fingerprint density at radius 1 is 1.04 bits per heavy atom. The number of benzene rings is 1. The summed E-state index contributed by atoms with van der Waals surface area (Å²) in [5.74, 6) is 0.795. The van der Waals surface area contributed by atoms with E-state index in [9.17, 15) is 9.59 Å². The molecule has 2 aromatic heterocycles. The molecule has 2 N–H and O–H groups in total. The van der Waals surface area contributed by atoms with Gasteiger partial charge in [0.1, 0.15) is 11.5 Å². The Hall–Kier alpha value is -3.09. The number of hydrogen-bond donors (Lipinski definition) is 2. The van der Waals surface area contributed by atoms with E-state index in [1.807, 2.05) is 19.1 Å². The van der Waals surface area contributed by atoms with Crippen molar-refractivity contribution in [1.29, 1.82) is 0 Å². The number of hydrogen-bond acceptors (Lipinski definition) is 3. The lowest BCUT2D eigenvalue weighted by atomic mass is 10.1. The van der Waals surface area contributed by atoms with Gasteiger partial charge in [0.2, 0.25) is 0 Å². The molecule has 2 amide bonds. The number of rotatable bonds is 2. The van der Waals surface area contributed by atoms with E-state index in [1.54, 1.807) is 34.2 Å². The lowest BCUT2D eigenvalue weighted by molar-refractivity contribution is 0.0533. The van der Waals surface area contributed by atoms with Crippen LogP contribution in [-0.2, 0) is 0 Å². The lowest BCUT2D eigenvalue weighted by Crippen LogP contribution is -2.50. The van der Waals surface area contributed by atoms with E-state index in [0.29, 0.717) is 37.4 Å². The minimum absolute atomic E-state index is 0.0128. The molecule has 0 saturated carbocycles. The van der Waals surface area contributed by atoms with Gasteiger partial charge in [-0.15, -0.1) is 0 Å². The number of imidazole rings is 1. The molecule has 1 aliphatic rings. The number of aryl methyl sites for hydroxylation is 1. The van der Waals surface area contributed by atoms with Gasteiger partial charge in [0.15, 0.2) is 0 Å². The molecule has 0 atom stereocenters. The smallest absolute Gasteiger partial charge is 0.270 e. The number of amides is 2. The number of carbonyl (C=O) groups is 2. The van der Waals surface area contributed by atoms with E-state index in [4.69, 9.17) is 0 Å². The summed E-state index contributed by atoms with van der Waals surface area (Å²) in [6.45, 7) is 4.03. The molecule has 0 bridgehead atoms. The highest BCUT2D eigenvalue weighted by molar-refractivity contribution is 5.98. The number of nitrogens with zero attached hydrogens (tertiary/aromatic N) is 3. The zero-order valence-corrected chi connectivity index (χ0v) is 14.0. The van der Waals surface area contributed by atoms with Gasteiger partial charge in [-0.1, -0.05) is 0 Å². The predicted octanol–water partition coefficient (Wildman–Crippen LogP) is 1.80. The Kier molecular flexibility index (Phi) is 3.76. The van der Waals surface area contributed by atoms with E-state index in [-0.39, 0.29) is 11.8 Å². The number of piperazine rings is 1. The van der Waals surface area contributed by atoms with Crippen molar-refractivity contribution in [2.75, 3.05) is 26.2 Å². The third-order valence-electron chi connectivity index (χ3n) is 4.53. The number of H-pyrrole nitrogens is 2. The number of carbonyl (C=O) groups excluding carboxylic acids is 2. The number of fused-ring (bicyclic) bond motifs is 1. The van der Waals surface area contributed by atoms with Crippen molar-refractivity contribution in [2.24, 2.45) is 0 Å².